The van der Waals surface area contributed by atoms with E-state index in [2.05, 4.69) is 52.7 Å². The Morgan fingerprint density at radius 3 is 2.68 bits per heavy atom. The van der Waals surface area contributed by atoms with Crippen molar-refractivity contribution in [1.82, 2.24) is 4.90 Å². The SMILES string of the molecule is CC(=O)Nc1ccc(CN2C[C@@H]3COC[C@]3(c3ccccc3)C2)cc1. The van der Waals surface area contributed by atoms with Crippen LogP contribution in [0.3, 0.4) is 0 Å². The van der Waals surface area contributed by atoms with Crippen LogP contribution >= 0.6 is 0 Å². The molecule has 2 aliphatic rings. The zero-order valence-corrected chi connectivity index (χ0v) is 14.6. The predicted octanol–water partition coefficient (Wildman–Crippen LogP) is 3.05. The van der Waals surface area contributed by atoms with E-state index in [1.807, 2.05) is 12.1 Å². The van der Waals surface area contributed by atoms with Gasteiger partial charge in [-0.15, -0.1) is 0 Å². The van der Waals surface area contributed by atoms with Crippen LogP contribution in [-0.4, -0.2) is 37.1 Å². The van der Waals surface area contributed by atoms with E-state index in [-0.39, 0.29) is 11.3 Å². The lowest BCUT2D eigenvalue weighted by Crippen LogP contribution is -2.35. The van der Waals surface area contributed by atoms with Crippen molar-refractivity contribution in [2.75, 3.05) is 31.6 Å². The van der Waals surface area contributed by atoms with E-state index in [4.69, 9.17) is 4.74 Å². The van der Waals surface area contributed by atoms with Gasteiger partial charge in [0, 0.05) is 43.6 Å². The highest BCUT2D eigenvalue weighted by molar-refractivity contribution is 5.88. The van der Waals surface area contributed by atoms with Gasteiger partial charge in [-0.25, -0.2) is 0 Å². The smallest absolute Gasteiger partial charge is 0.221 e. The second-order valence-corrected chi connectivity index (χ2v) is 7.28. The summed E-state index contributed by atoms with van der Waals surface area (Å²) in [5.74, 6) is 0.526. The summed E-state index contributed by atoms with van der Waals surface area (Å²) in [6.07, 6.45) is 0. The van der Waals surface area contributed by atoms with Crippen molar-refractivity contribution in [2.45, 2.75) is 18.9 Å². The minimum absolute atomic E-state index is 0.0371. The monoisotopic (exact) mass is 336 g/mol. The Morgan fingerprint density at radius 2 is 1.96 bits per heavy atom. The number of likely N-dealkylation sites (tertiary alicyclic amines) is 1. The van der Waals surface area contributed by atoms with Gasteiger partial charge in [-0.2, -0.15) is 0 Å². The first-order valence-electron chi connectivity index (χ1n) is 8.88. The minimum atomic E-state index is -0.0371. The van der Waals surface area contributed by atoms with Gasteiger partial charge >= 0.3 is 0 Å². The van der Waals surface area contributed by atoms with Crippen LogP contribution in [0.25, 0.3) is 0 Å². The molecule has 0 radical (unpaired) electrons. The molecule has 4 nitrogen and oxygen atoms in total. The summed E-state index contributed by atoms with van der Waals surface area (Å²) in [6, 6.07) is 19.0. The lowest BCUT2D eigenvalue weighted by molar-refractivity contribution is -0.114. The molecule has 0 unspecified atom stereocenters. The van der Waals surface area contributed by atoms with Gasteiger partial charge in [0.25, 0.3) is 0 Å². The first-order chi connectivity index (χ1) is 12.2. The molecular formula is C21H24N2O2. The molecular weight excluding hydrogens is 312 g/mol. The van der Waals surface area contributed by atoms with E-state index in [1.165, 1.54) is 18.1 Å². The second kappa shape index (κ2) is 6.62. The molecule has 0 saturated carbocycles. The number of nitrogens with zero attached hydrogens (tertiary/aromatic N) is 1. The van der Waals surface area contributed by atoms with Crippen molar-refractivity contribution in [2.24, 2.45) is 5.92 Å². The number of fused-ring (bicyclic) bond motifs is 1. The van der Waals surface area contributed by atoms with E-state index in [1.54, 1.807) is 0 Å². The molecule has 130 valence electrons. The summed E-state index contributed by atoms with van der Waals surface area (Å²) < 4.78 is 5.85. The van der Waals surface area contributed by atoms with E-state index in [9.17, 15) is 4.79 Å². The van der Waals surface area contributed by atoms with Crippen molar-refractivity contribution >= 4 is 11.6 Å². The van der Waals surface area contributed by atoms with E-state index in [0.717, 1.165) is 38.5 Å². The fourth-order valence-corrected chi connectivity index (χ4v) is 4.29. The first kappa shape index (κ1) is 16.3. The number of amides is 1. The maximum absolute atomic E-state index is 11.1. The van der Waals surface area contributed by atoms with Gasteiger partial charge in [0.05, 0.1) is 13.2 Å². The second-order valence-electron chi connectivity index (χ2n) is 7.28. The maximum atomic E-state index is 11.1. The molecule has 4 rings (SSSR count). The molecule has 2 atom stereocenters. The lowest BCUT2D eigenvalue weighted by Gasteiger charge is -2.28. The van der Waals surface area contributed by atoms with Crippen molar-refractivity contribution in [3.05, 3.63) is 65.7 Å². The zero-order valence-electron chi connectivity index (χ0n) is 14.6. The highest BCUT2D eigenvalue weighted by Gasteiger charge is 2.51. The molecule has 1 N–H and O–H groups in total. The number of hydrogen-bond acceptors (Lipinski definition) is 3. The number of carbonyl (C=O) groups excluding carboxylic acids is 1. The Morgan fingerprint density at radius 1 is 1.20 bits per heavy atom. The summed E-state index contributed by atoms with van der Waals surface area (Å²) in [5.41, 5.74) is 3.67. The third-order valence-corrected chi connectivity index (χ3v) is 5.47. The van der Waals surface area contributed by atoms with Crippen LogP contribution in [0.1, 0.15) is 18.1 Å². The summed E-state index contributed by atoms with van der Waals surface area (Å²) in [6.45, 7) is 6.25. The van der Waals surface area contributed by atoms with Crippen LogP contribution in [0.5, 0.6) is 0 Å². The molecule has 4 heteroatoms. The number of ether oxygens (including phenoxy) is 1. The average molecular weight is 336 g/mol. The summed E-state index contributed by atoms with van der Waals surface area (Å²) in [7, 11) is 0. The highest BCUT2D eigenvalue weighted by Crippen LogP contribution is 2.44. The summed E-state index contributed by atoms with van der Waals surface area (Å²) in [5, 5.41) is 2.82. The highest BCUT2D eigenvalue weighted by atomic mass is 16.5. The summed E-state index contributed by atoms with van der Waals surface area (Å²) >= 11 is 0. The maximum Gasteiger partial charge on any atom is 0.221 e. The van der Waals surface area contributed by atoms with Gasteiger partial charge in [-0.1, -0.05) is 42.5 Å². The fourth-order valence-electron chi connectivity index (χ4n) is 4.29. The molecule has 2 aromatic carbocycles. The molecule has 0 spiro atoms. The lowest BCUT2D eigenvalue weighted by atomic mass is 9.75. The van der Waals surface area contributed by atoms with Gasteiger partial charge in [-0.05, 0) is 23.3 Å². The average Bonchev–Trinajstić information content (AvgIpc) is 3.15. The first-order valence-corrected chi connectivity index (χ1v) is 8.88. The Kier molecular flexibility index (Phi) is 4.32. The van der Waals surface area contributed by atoms with Crippen molar-refractivity contribution in [1.29, 1.82) is 0 Å². The van der Waals surface area contributed by atoms with Gasteiger partial charge in [-0.3, -0.25) is 9.69 Å². The predicted molar refractivity (Wildman–Crippen MR) is 98.5 cm³/mol. The van der Waals surface area contributed by atoms with Crippen LogP contribution in [0.2, 0.25) is 0 Å². The van der Waals surface area contributed by atoms with Crippen LogP contribution in [0.4, 0.5) is 5.69 Å². The van der Waals surface area contributed by atoms with Crippen molar-refractivity contribution < 1.29 is 9.53 Å². The van der Waals surface area contributed by atoms with Crippen LogP contribution in [-0.2, 0) is 21.5 Å². The number of rotatable bonds is 4. The van der Waals surface area contributed by atoms with Gasteiger partial charge < -0.3 is 10.1 Å². The Balaban J connectivity index is 1.48. The molecule has 2 fully saturated rings. The Hall–Kier alpha value is -2.17. The number of nitrogens with one attached hydrogen (secondary N) is 1. The molecule has 1 amide bonds. The van der Waals surface area contributed by atoms with E-state index in [0.29, 0.717) is 5.92 Å². The third kappa shape index (κ3) is 3.20. The van der Waals surface area contributed by atoms with Gasteiger partial charge in [0.15, 0.2) is 0 Å². The van der Waals surface area contributed by atoms with Crippen molar-refractivity contribution in [3.8, 4) is 0 Å². The molecule has 0 bridgehead atoms. The van der Waals surface area contributed by atoms with Crippen LogP contribution in [0, 0.1) is 5.92 Å². The normalized spacial score (nSPS) is 25.7. The van der Waals surface area contributed by atoms with E-state index < -0.39 is 0 Å². The van der Waals surface area contributed by atoms with Gasteiger partial charge in [0.2, 0.25) is 5.91 Å². The number of anilines is 1. The number of carbonyl (C=O) groups is 1. The molecule has 0 aromatic heterocycles. The fraction of sp³-hybridized carbons (Fsp3) is 0.381. The largest absolute Gasteiger partial charge is 0.380 e. The number of benzene rings is 2. The molecule has 2 saturated heterocycles. The topological polar surface area (TPSA) is 41.6 Å². The molecule has 2 aromatic rings. The quantitative estimate of drug-likeness (QED) is 0.933. The van der Waals surface area contributed by atoms with E-state index >= 15 is 0 Å². The number of hydrogen-bond donors (Lipinski definition) is 1. The molecule has 2 aliphatic heterocycles. The molecule has 25 heavy (non-hydrogen) atoms. The molecule has 0 aliphatic carbocycles. The van der Waals surface area contributed by atoms with Gasteiger partial charge in [0.1, 0.15) is 0 Å². The molecule has 2 heterocycles. The third-order valence-electron chi connectivity index (χ3n) is 5.47. The summed E-state index contributed by atoms with van der Waals surface area (Å²) in [4.78, 5) is 13.7. The standard InChI is InChI=1S/C21H24N2O2/c1-16(24)22-20-9-7-17(8-10-20)11-23-12-19-13-25-15-21(19,14-23)18-5-3-2-4-6-18/h2-10,19H,11-15H2,1H3,(H,22,24)/t19-,21+/m1/s1. The Labute approximate surface area is 148 Å². The van der Waals surface area contributed by atoms with Crippen LogP contribution < -0.4 is 5.32 Å². The minimum Gasteiger partial charge on any atom is -0.380 e. The Bertz CT molecular complexity index is 744. The van der Waals surface area contributed by atoms with Crippen LogP contribution in [0.15, 0.2) is 54.6 Å². The zero-order chi connectivity index (χ0) is 17.3. The van der Waals surface area contributed by atoms with Crippen molar-refractivity contribution in [3.63, 3.8) is 0 Å².